The number of nitrogens with zero attached hydrogens (tertiary/aromatic N) is 2. The lowest BCUT2D eigenvalue weighted by atomic mass is 10.1. The number of rotatable bonds is 11. The predicted octanol–water partition coefficient (Wildman–Crippen LogP) is 0.504. The van der Waals surface area contributed by atoms with Crippen molar-refractivity contribution < 1.29 is 4.79 Å². The molecule has 0 spiro atoms. The van der Waals surface area contributed by atoms with E-state index in [2.05, 4.69) is 35.9 Å². The third kappa shape index (κ3) is 7.50. The monoisotopic (exact) mass is 272 g/mol. The van der Waals surface area contributed by atoms with Gasteiger partial charge in [0.15, 0.2) is 0 Å². The molecule has 0 rings (SSSR count). The van der Waals surface area contributed by atoms with Gasteiger partial charge in [-0.3, -0.25) is 9.69 Å². The van der Waals surface area contributed by atoms with E-state index in [9.17, 15) is 4.79 Å². The maximum absolute atomic E-state index is 11.5. The molecule has 0 aromatic rings. The van der Waals surface area contributed by atoms with Crippen molar-refractivity contribution in [3.63, 3.8) is 0 Å². The van der Waals surface area contributed by atoms with Crippen LogP contribution in [0.2, 0.25) is 0 Å². The van der Waals surface area contributed by atoms with E-state index >= 15 is 0 Å². The summed E-state index contributed by atoms with van der Waals surface area (Å²) in [5.74, 6) is 0.0673. The Bertz CT molecular complexity index is 231. The second-order valence-electron chi connectivity index (χ2n) is 4.78. The Morgan fingerprint density at radius 3 is 2.21 bits per heavy atom. The molecule has 114 valence electrons. The average Bonchev–Trinajstić information content (AvgIpc) is 2.45. The van der Waals surface area contributed by atoms with Gasteiger partial charge in [0.05, 0.1) is 0 Å². The summed E-state index contributed by atoms with van der Waals surface area (Å²) in [6.07, 6.45) is 1.62. The highest BCUT2D eigenvalue weighted by Gasteiger charge is 2.18. The van der Waals surface area contributed by atoms with Crippen LogP contribution in [0.15, 0.2) is 0 Å². The highest BCUT2D eigenvalue weighted by molar-refractivity contribution is 5.76. The summed E-state index contributed by atoms with van der Waals surface area (Å²) < 4.78 is 0. The molecular weight excluding hydrogens is 240 g/mol. The summed E-state index contributed by atoms with van der Waals surface area (Å²) in [5, 5.41) is 2.67. The molecule has 0 aliphatic carbocycles. The number of carbonyl (C=O) groups excluding carboxylic acids is 1. The quantitative estimate of drug-likeness (QED) is 0.575. The Balaban J connectivity index is 4.18. The van der Waals surface area contributed by atoms with E-state index in [1.807, 2.05) is 0 Å². The molecule has 0 fully saturated rings. The van der Waals surface area contributed by atoms with Gasteiger partial charge in [-0.2, -0.15) is 0 Å². The van der Waals surface area contributed by atoms with E-state index in [0.717, 1.165) is 39.1 Å². The van der Waals surface area contributed by atoms with Gasteiger partial charge in [0.1, 0.15) is 0 Å². The second-order valence-corrected chi connectivity index (χ2v) is 4.78. The Morgan fingerprint density at radius 2 is 1.79 bits per heavy atom. The van der Waals surface area contributed by atoms with Crippen molar-refractivity contribution in [1.82, 2.24) is 15.1 Å². The lowest BCUT2D eigenvalue weighted by molar-refractivity contribution is -0.121. The van der Waals surface area contributed by atoms with Crippen LogP contribution in [-0.4, -0.2) is 68.1 Å². The largest absolute Gasteiger partial charge is 0.359 e. The fraction of sp³-hybridized carbons (Fsp3) is 0.929. The van der Waals surface area contributed by atoms with E-state index in [4.69, 9.17) is 5.73 Å². The van der Waals surface area contributed by atoms with Crippen molar-refractivity contribution >= 4 is 5.91 Å². The topological polar surface area (TPSA) is 61.6 Å². The van der Waals surface area contributed by atoms with Crippen molar-refractivity contribution in [3.8, 4) is 0 Å². The third-order valence-corrected chi connectivity index (χ3v) is 3.71. The molecule has 0 aromatic carbocycles. The van der Waals surface area contributed by atoms with Gasteiger partial charge in [-0.25, -0.2) is 0 Å². The first-order chi connectivity index (χ1) is 9.12. The smallest absolute Gasteiger partial charge is 0.221 e. The normalized spacial score (nSPS) is 13.0. The van der Waals surface area contributed by atoms with Crippen LogP contribution in [0.25, 0.3) is 0 Å². The van der Waals surface area contributed by atoms with E-state index in [1.54, 1.807) is 7.05 Å². The van der Waals surface area contributed by atoms with Crippen LogP contribution in [0.3, 0.4) is 0 Å². The molecule has 0 aliphatic heterocycles. The minimum absolute atomic E-state index is 0.0673. The van der Waals surface area contributed by atoms with Crippen LogP contribution in [0, 0.1) is 0 Å². The molecule has 0 aromatic heterocycles. The summed E-state index contributed by atoms with van der Waals surface area (Å²) in [6, 6.07) is 0.154. The first-order valence-electron chi connectivity index (χ1n) is 7.49. The maximum atomic E-state index is 11.5. The van der Waals surface area contributed by atoms with Crippen LogP contribution in [0.5, 0.6) is 0 Å². The fourth-order valence-corrected chi connectivity index (χ4v) is 2.31. The Kier molecular flexibility index (Phi) is 10.8. The SMILES string of the molecule is CCN(CC)CCCN(CC)C(CN)CC(=O)NC. The Hall–Kier alpha value is -0.650. The van der Waals surface area contributed by atoms with Crippen LogP contribution in [0.4, 0.5) is 0 Å². The summed E-state index contributed by atoms with van der Waals surface area (Å²) in [7, 11) is 1.67. The van der Waals surface area contributed by atoms with E-state index in [-0.39, 0.29) is 11.9 Å². The standard InChI is InChI=1S/C14H32N4O/c1-5-17(6-2)9-8-10-18(7-3)13(12-15)11-14(19)16-4/h13H,5-12,15H2,1-4H3,(H,16,19). The molecular formula is C14H32N4O. The summed E-state index contributed by atoms with van der Waals surface area (Å²) in [5.41, 5.74) is 5.80. The molecule has 5 heteroatoms. The maximum Gasteiger partial charge on any atom is 0.221 e. The Labute approximate surface area is 118 Å². The van der Waals surface area contributed by atoms with Crippen LogP contribution >= 0.6 is 0 Å². The molecule has 19 heavy (non-hydrogen) atoms. The zero-order valence-corrected chi connectivity index (χ0v) is 13.1. The number of hydrogen-bond acceptors (Lipinski definition) is 4. The summed E-state index contributed by atoms with van der Waals surface area (Å²) >= 11 is 0. The number of amides is 1. The number of hydrogen-bond donors (Lipinski definition) is 2. The second kappa shape index (κ2) is 11.2. The molecule has 0 heterocycles. The van der Waals surface area contributed by atoms with Gasteiger partial charge in [0, 0.05) is 26.1 Å². The molecule has 0 aliphatic rings. The van der Waals surface area contributed by atoms with E-state index < -0.39 is 0 Å². The lowest BCUT2D eigenvalue weighted by Crippen LogP contribution is -2.44. The Morgan fingerprint density at radius 1 is 1.16 bits per heavy atom. The van der Waals surface area contributed by atoms with Crippen molar-refractivity contribution in [2.75, 3.05) is 46.3 Å². The molecule has 0 saturated carbocycles. The molecule has 0 saturated heterocycles. The van der Waals surface area contributed by atoms with Gasteiger partial charge >= 0.3 is 0 Å². The van der Waals surface area contributed by atoms with Crippen LogP contribution in [-0.2, 0) is 4.79 Å². The number of nitrogens with two attached hydrogens (primary N) is 1. The van der Waals surface area contributed by atoms with Gasteiger partial charge in [-0.1, -0.05) is 20.8 Å². The lowest BCUT2D eigenvalue weighted by Gasteiger charge is -2.30. The summed E-state index contributed by atoms with van der Waals surface area (Å²) in [4.78, 5) is 16.2. The third-order valence-electron chi connectivity index (χ3n) is 3.71. The molecule has 1 amide bonds. The molecule has 3 N–H and O–H groups in total. The van der Waals surface area contributed by atoms with Crippen molar-refractivity contribution in [2.24, 2.45) is 5.73 Å². The number of carbonyl (C=O) groups is 1. The van der Waals surface area contributed by atoms with Crippen LogP contribution < -0.4 is 11.1 Å². The predicted molar refractivity (Wildman–Crippen MR) is 81.2 cm³/mol. The van der Waals surface area contributed by atoms with Crippen LogP contribution in [0.1, 0.15) is 33.6 Å². The first kappa shape index (κ1) is 18.4. The first-order valence-corrected chi connectivity index (χ1v) is 7.49. The minimum Gasteiger partial charge on any atom is -0.359 e. The van der Waals surface area contributed by atoms with Crippen molar-refractivity contribution in [1.29, 1.82) is 0 Å². The van der Waals surface area contributed by atoms with Gasteiger partial charge in [0.25, 0.3) is 0 Å². The molecule has 1 unspecified atom stereocenters. The van der Waals surface area contributed by atoms with Gasteiger partial charge in [-0.15, -0.1) is 0 Å². The number of nitrogens with one attached hydrogen (secondary N) is 1. The molecule has 5 nitrogen and oxygen atoms in total. The summed E-state index contributed by atoms with van der Waals surface area (Å²) in [6.45, 7) is 12.3. The highest BCUT2D eigenvalue weighted by atomic mass is 16.1. The van der Waals surface area contributed by atoms with Crippen molar-refractivity contribution in [3.05, 3.63) is 0 Å². The van der Waals surface area contributed by atoms with Gasteiger partial charge in [-0.05, 0) is 39.1 Å². The molecule has 1 atom stereocenters. The van der Waals surface area contributed by atoms with Gasteiger partial charge < -0.3 is 16.0 Å². The number of likely N-dealkylation sites (N-methyl/N-ethyl adjacent to an activating group) is 1. The zero-order valence-electron chi connectivity index (χ0n) is 13.1. The van der Waals surface area contributed by atoms with Crippen molar-refractivity contribution in [2.45, 2.75) is 39.7 Å². The molecule has 0 radical (unpaired) electrons. The highest BCUT2D eigenvalue weighted by Crippen LogP contribution is 2.05. The molecule has 0 bridgehead atoms. The van der Waals surface area contributed by atoms with E-state index in [1.165, 1.54) is 0 Å². The van der Waals surface area contributed by atoms with E-state index in [0.29, 0.717) is 13.0 Å². The average molecular weight is 272 g/mol. The van der Waals surface area contributed by atoms with Gasteiger partial charge in [0.2, 0.25) is 5.91 Å². The minimum atomic E-state index is 0.0673. The fourth-order valence-electron chi connectivity index (χ4n) is 2.31. The zero-order chi connectivity index (χ0) is 14.7.